The van der Waals surface area contributed by atoms with Crippen LogP contribution in [-0.2, 0) is 14.3 Å². The number of rotatable bonds is 7. The Labute approximate surface area is 260 Å². The van der Waals surface area contributed by atoms with Crippen molar-refractivity contribution in [1.29, 1.82) is 0 Å². The first-order valence-electron chi connectivity index (χ1n) is 14.3. The minimum atomic E-state index is -1.91. The van der Waals surface area contributed by atoms with Crippen molar-refractivity contribution >= 4 is 11.9 Å². The highest BCUT2D eigenvalue weighted by atomic mass is 16.7. The Balaban J connectivity index is 1.90. The van der Waals surface area contributed by atoms with Crippen LogP contribution in [0.3, 0.4) is 0 Å². The largest absolute Gasteiger partial charge is 0.504 e. The molecule has 0 saturated heterocycles. The summed E-state index contributed by atoms with van der Waals surface area (Å²) in [7, 11) is 4.18. The number of phenols is 1. The van der Waals surface area contributed by atoms with Crippen molar-refractivity contribution in [3.63, 3.8) is 0 Å². The van der Waals surface area contributed by atoms with Crippen LogP contribution in [0, 0.1) is 5.92 Å². The van der Waals surface area contributed by atoms with Crippen molar-refractivity contribution in [2.24, 2.45) is 5.92 Å². The van der Waals surface area contributed by atoms with Gasteiger partial charge in [0.05, 0.1) is 26.9 Å². The van der Waals surface area contributed by atoms with Gasteiger partial charge in [-0.05, 0) is 45.0 Å². The van der Waals surface area contributed by atoms with Crippen molar-refractivity contribution in [3.05, 3.63) is 70.8 Å². The second kappa shape index (κ2) is 12.2. The van der Waals surface area contributed by atoms with Gasteiger partial charge < -0.3 is 43.4 Å². The zero-order valence-corrected chi connectivity index (χ0v) is 26.1. The number of phenolic OH excluding ortho intramolecular Hbond substituents is 1. The number of hydrogen-bond donors (Lipinski definition) is 2. The van der Waals surface area contributed by atoms with Crippen LogP contribution in [-0.4, -0.2) is 55.9 Å². The lowest BCUT2D eigenvalue weighted by Gasteiger charge is -2.43. The molecule has 11 heteroatoms. The highest BCUT2D eigenvalue weighted by Crippen LogP contribution is 2.61. The fourth-order valence-electron chi connectivity index (χ4n) is 5.73. The summed E-state index contributed by atoms with van der Waals surface area (Å²) in [6, 6.07) is 11.6. The van der Waals surface area contributed by atoms with Gasteiger partial charge in [-0.2, -0.15) is 0 Å². The van der Waals surface area contributed by atoms with Crippen molar-refractivity contribution in [3.8, 4) is 45.6 Å². The number of hydrogen-bond acceptors (Lipinski definition) is 11. The summed E-state index contributed by atoms with van der Waals surface area (Å²) in [6.07, 6.45) is -1.02. The van der Waals surface area contributed by atoms with E-state index >= 15 is 0 Å². The predicted octanol–water partition coefficient (Wildman–Crippen LogP) is 5.66. The zero-order chi connectivity index (χ0) is 32.6. The van der Waals surface area contributed by atoms with Crippen LogP contribution in [0.4, 0.5) is 0 Å². The fourth-order valence-corrected chi connectivity index (χ4v) is 5.73. The van der Waals surface area contributed by atoms with Gasteiger partial charge >= 0.3 is 11.9 Å². The van der Waals surface area contributed by atoms with Gasteiger partial charge in [-0.15, -0.1) is 0 Å². The molecule has 0 unspecified atom stereocenters. The van der Waals surface area contributed by atoms with Crippen molar-refractivity contribution < 1.29 is 53.0 Å². The monoisotopic (exact) mass is 620 g/mol. The third kappa shape index (κ3) is 5.27. The second-order valence-electron chi connectivity index (χ2n) is 11.0. The first-order valence-corrected chi connectivity index (χ1v) is 14.3. The number of carbonyl (C=O) groups excluding carboxylic acids is 2. The molecule has 11 nitrogen and oxygen atoms in total. The number of aromatic hydroxyl groups is 1. The van der Waals surface area contributed by atoms with Crippen LogP contribution in [0.15, 0.2) is 54.1 Å². The summed E-state index contributed by atoms with van der Waals surface area (Å²) in [5.41, 5.74) is -0.471. The molecule has 3 aromatic carbocycles. The maximum Gasteiger partial charge on any atom is 0.338 e. The van der Waals surface area contributed by atoms with Gasteiger partial charge in [0.15, 0.2) is 29.1 Å². The Morgan fingerprint density at radius 2 is 1.64 bits per heavy atom. The van der Waals surface area contributed by atoms with Crippen LogP contribution < -0.4 is 23.7 Å². The molecule has 2 aliphatic rings. The van der Waals surface area contributed by atoms with Gasteiger partial charge in [0.2, 0.25) is 18.3 Å². The maximum atomic E-state index is 13.6. The molecule has 0 aromatic heterocycles. The molecular formula is C34H36O11. The van der Waals surface area contributed by atoms with Crippen LogP contribution in [0.1, 0.15) is 61.4 Å². The zero-order valence-electron chi connectivity index (χ0n) is 26.1. The van der Waals surface area contributed by atoms with E-state index in [1.807, 2.05) is 0 Å². The quantitative estimate of drug-likeness (QED) is 0.250. The number of carbonyl (C=O) groups is 2. The number of fused-ring (bicyclic) bond motifs is 4. The smallest absolute Gasteiger partial charge is 0.338 e. The van der Waals surface area contributed by atoms with E-state index in [9.17, 15) is 19.8 Å². The van der Waals surface area contributed by atoms with Crippen LogP contribution in [0.25, 0.3) is 11.1 Å². The van der Waals surface area contributed by atoms with Gasteiger partial charge in [0.1, 0.15) is 11.7 Å². The topological polar surface area (TPSA) is 139 Å². The minimum Gasteiger partial charge on any atom is -0.504 e. The Bertz CT molecular complexity index is 1660. The molecule has 45 heavy (non-hydrogen) atoms. The summed E-state index contributed by atoms with van der Waals surface area (Å²) in [5, 5.41) is 24.3. The van der Waals surface area contributed by atoms with Crippen molar-refractivity contribution in [1.82, 2.24) is 0 Å². The highest BCUT2D eigenvalue weighted by molar-refractivity contribution is 5.92. The summed E-state index contributed by atoms with van der Waals surface area (Å²) >= 11 is 0. The lowest BCUT2D eigenvalue weighted by molar-refractivity contribution is -0.174. The Morgan fingerprint density at radius 3 is 2.27 bits per heavy atom. The lowest BCUT2D eigenvalue weighted by Crippen LogP contribution is -2.46. The SMILES string of the molecule is C/C=C(/C)C(=O)O[C@H]1c2cc(OC)c(OC)c(O)c2-c2c(cc3c(c2OC)OCO3)[C@H](OC(=O)c2ccccc2)[C@H](C)[C@]1(C)O. The molecule has 4 atom stereocenters. The Hall–Kier alpha value is -4.90. The molecule has 5 rings (SSSR count). The molecule has 0 spiro atoms. The minimum absolute atomic E-state index is 0.0253. The van der Waals surface area contributed by atoms with Crippen LogP contribution >= 0.6 is 0 Å². The van der Waals surface area contributed by atoms with Crippen LogP contribution in [0.2, 0.25) is 0 Å². The molecule has 0 radical (unpaired) electrons. The number of esters is 2. The molecule has 0 saturated carbocycles. The number of ether oxygens (including phenoxy) is 7. The van der Waals surface area contributed by atoms with Crippen molar-refractivity contribution in [2.45, 2.75) is 45.5 Å². The molecule has 0 amide bonds. The Morgan fingerprint density at radius 1 is 0.956 bits per heavy atom. The van der Waals surface area contributed by atoms with E-state index in [4.69, 9.17) is 33.2 Å². The average molecular weight is 621 g/mol. The summed E-state index contributed by atoms with van der Waals surface area (Å²) in [4.78, 5) is 26.9. The van der Waals surface area contributed by atoms with Gasteiger partial charge in [0.25, 0.3) is 0 Å². The highest BCUT2D eigenvalue weighted by Gasteiger charge is 2.51. The average Bonchev–Trinajstić information content (AvgIpc) is 3.52. The van der Waals surface area contributed by atoms with E-state index in [0.717, 1.165) is 0 Å². The molecule has 0 fully saturated rings. The molecule has 238 valence electrons. The lowest BCUT2D eigenvalue weighted by atomic mass is 9.71. The maximum absolute atomic E-state index is 13.6. The van der Waals surface area contributed by atoms with Crippen LogP contribution in [0.5, 0.6) is 34.5 Å². The van der Waals surface area contributed by atoms with Gasteiger partial charge in [-0.1, -0.05) is 31.2 Å². The summed E-state index contributed by atoms with van der Waals surface area (Å²) in [5.74, 6) is -1.87. The number of allylic oxidation sites excluding steroid dienone is 1. The number of methoxy groups -OCH3 is 3. The molecule has 0 bridgehead atoms. The summed E-state index contributed by atoms with van der Waals surface area (Å²) in [6.45, 7) is 6.32. The predicted molar refractivity (Wildman–Crippen MR) is 162 cm³/mol. The molecule has 1 aliphatic carbocycles. The third-order valence-corrected chi connectivity index (χ3v) is 8.50. The number of benzene rings is 3. The summed E-state index contributed by atoms with van der Waals surface area (Å²) < 4.78 is 40.7. The van der Waals surface area contributed by atoms with Crippen molar-refractivity contribution in [2.75, 3.05) is 28.1 Å². The van der Waals surface area contributed by atoms with E-state index in [0.29, 0.717) is 16.9 Å². The molecule has 2 N–H and O–H groups in total. The standard InChI is InChI=1S/C34H36O11/c1-8-17(2)32(36)45-31-21-15-22(39-5)28(40-6)26(35)24(21)25-20(14-23-29(30(25)41-7)43-16-42-23)27(18(3)34(31,4)38)44-33(37)19-12-10-9-11-13-19/h8-15,18,27,31,35,38H,16H2,1-7H3/b17-8-/t18-,27+,31-,34-/m0/s1. The molecule has 1 heterocycles. The third-order valence-electron chi connectivity index (χ3n) is 8.50. The Kier molecular flexibility index (Phi) is 8.57. The fraction of sp³-hybridized carbons (Fsp3) is 0.353. The van der Waals surface area contributed by atoms with Gasteiger partial charge in [0, 0.05) is 33.7 Å². The number of aliphatic hydroxyl groups is 1. The van der Waals surface area contributed by atoms with E-state index in [-0.39, 0.29) is 52.0 Å². The van der Waals surface area contributed by atoms with E-state index in [1.165, 1.54) is 34.3 Å². The second-order valence-corrected chi connectivity index (χ2v) is 11.0. The normalized spacial score (nSPS) is 21.9. The van der Waals surface area contributed by atoms with E-state index in [2.05, 4.69) is 0 Å². The molecule has 1 aliphatic heterocycles. The first-order chi connectivity index (χ1) is 21.5. The molecular weight excluding hydrogens is 584 g/mol. The first kappa shape index (κ1) is 31.5. The molecule has 3 aromatic rings. The van der Waals surface area contributed by atoms with E-state index in [1.54, 1.807) is 63.2 Å². The van der Waals surface area contributed by atoms with Gasteiger partial charge in [-0.25, -0.2) is 9.59 Å². The van der Waals surface area contributed by atoms with Gasteiger partial charge in [-0.3, -0.25) is 0 Å². The van der Waals surface area contributed by atoms with E-state index < -0.39 is 41.4 Å².